The molecular weight excluding hydrogens is 520 g/mol. The highest BCUT2D eigenvalue weighted by Crippen LogP contribution is 2.19. The zero-order valence-electron chi connectivity index (χ0n) is 29.1. The maximum absolute atomic E-state index is 10.7. The van der Waals surface area contributed by atoms with E-state index < -0.39 is 5.97 Å². The van der Waals surface area contributed by atoms with Crippen LogP contribution in [0.15, 0.2) is 0 Å². The molecule has 0 radical (unpaired) electrons. The van der Waals surface area contributed by atoms with E-state index in [-0.39, 0.29) is 0 Å². The van der Waals surface area contributed by atoms with Crippen molar-refractivity contribution in [1.29, 1.82) is 0 Å². The number of unbranched alkanes of at least 4 members (excludes halogenated alkanes) is 26. The van der Waals surface area contributed by atoms with E-state index in [4.69, 9.17) is 5.26 Å². The Morgan fingerprint density at radius 2 is 0.714 bits per heavy atom. The van der Waals surface area contributed by atoms with Crippen molar-refractivity contribution in [3.05, 3.63) is 0 Å². The molecule has 0 aromatic heterocycles. The first kappa shape index (κ1) is 43.5. The summed E-state index contributed by atoms with van der Waals surface area (Å²) in [5.74, 6) is 0.0703. The molecule has 0 aromatic rings. The van der Waals surface area contributed by atoms with Gasteiger partial charge in [-0.05, 0) is 25.2 Å². The first-order valence-electron chi connectivity index (χ1n) is 19.1. The van der Waals surface area contributed by atoms with Crippen LogP contribution in [0, 0.1) is 5.92 Å². The highest BCUT2D eigenvalue weighted by Gasteiger charge is 2.07. The van der Waals surface area contributed by atoms with Crippen LogP contribution in [-0.2, 0) is 9.68 Å². The standard InChI is InChI=1S/C20H42O.C18H36O3/c1-3-5-7-9-11-12-14-16-18-20(19-21)17-15-13-10-8-6-4-2;1-2-3-4-5-6-7-8-9-10-11-12-13-14-15-16-17-18(19)21-20/h20-21H,3-19H2,1-2H3;20H,2-17H2,1H3. The number of hydrogen-bond donors (Lipinski definition) is 2. The number of hydrogen-bond acceptors (Lipinski definition) is 4. The van der Waals surface area contributed by atoms with Crippen LogP contribution in [0.2, 0.25) is 0 Å². The molecule has 0 heterocycles. The molecular formula is C38H78O4. The summed E-state index contributed by atoms with van der Waals surface area (Å²) in [5.41, 5.74) is 0. The Morgan fingerprint density at radius 1 is 0.452 bits per heavy atom. The molecule has 0 rings (SSSR count). The zero-order chi connectivity index (χ0) is 31.2. The lowest BCUT2D eigenvalue weighted by atomic mass is 9.95. The average molecular weight is 599 g/mol. The molecule has 1 unspecified atom stereocenters. The number of carbonyl (C=O) groups is 1. The predicted molar refractivity (Wildman–Crippen MR) is 184 cm³/mol. The summed E-state index contributed by atoms with van der Waals surface area (Å²) in [5, 5.41) is 17.6. The van der Waals surface area contributed by atoms with E-state index in [9.17, 15) is 9.90 Å². The Balaban J connectivity index is 0. The first-order valence-corrected chi connectivity index (χ1v) is 19.1. The molecule has 42 heavy (non-hydrogen) atoms. The fourth-order valence-electron chi connectivity index (χ4n) is 5.79. The summed E-state index contributed by atoms with van der Waals surface area (Å²) in [4.78, 5) is 14.3. The van der Waals surface area contributed by atoms with Gasteiger partial charge in [-0.3, -0.25) is 0 Å². The van der Waals surface area contributed by atoms with E-state index in [1.54, 1.807) is 0 Å². The highest BCUT2D eigenvalue weighted by atomic mass is 17.1. The molecule has 0 bridgehead atoms. The van der Waals surface area contributed by atoms with E-state index in [2.05, 4.69) is 25.7 Å². The second kappa shape index (κ2) is 40.4. The summed E-state index contributed by atoms with van der Waals surface area (Å²) >= 11 is 0. The number of rotatable bonds is 33. The molecule has 4 nitrogen and oxygen atoms in total. The Kier molecular flexibility index (Phi) is 41.9. The minimum absolute atomic E-state index is 0.342. The molecule has 0 amide bonds. The van der Waals surface area contributed by atoms with Gasteiger partial charge < -0.3 is 9.99 Å². The third-order valence-corrected chi connectivity index (χ3v) is 8.78. The summed E-state index contributed by atoms with van der Waals surface area (Å²) in [6, 6.07) is 0. The van der Waals surface area contributed by atoms with Crippen LogP contribution < -0.4 is 0 Å². The van der Waals surface area contributed by atoms with Crippen LogP contribution in [0.4, 0.5) is 0 Å². The van der Waals surface area contributed by atoms with Gasteiger partial charge in [0.1, 0.15) is 0 Å². The molecule has 2 N–H and O–H groups in total. The first-order chi connectivity index (χ1) is 20.7. The van der Waals surface area contributed by atoms with Gasteiger partial charge in [0.15, 0.2) is 0 Å². The fourth-order valence-corrected chi connectivity index (χ4v) is 5.79. The van der Waals surface area contributed by atoms with Gasteiger partial charge in [-0.1, -0.05) is 201 Å². The molecule has 0 spiro atoms. The van der Waals surface area contributed by atoms with Gasteiger partial charge in [0, 0.05) is 13.0 Å². The van der Waals surface area contributed by atoms with Crippen LogP contribution in [0.25, 0.3) is 0 Å². The van der Waals surface area contributed by atoms with E-state index >= 15 is 0 Å². The molecule has 0 aliphatic heterocycles. The molecule has 254 valence electrons. The number of aliphatic hydroxyl groups is 1. The summed E-state index contributed by atoms with van der Waals surface area (Å²) < 4.78 is 0. The maximum Gasteiger partial charge on any atom is 0.342 e. The van der Waals surface area contributed by atoms with Crippen molar-refractivity contribution in [1.82, 2.24) is 0 Å². The van der Waals surface area contributed by atoms with E-state index in [0.29, 0.717) is 18.9 Å². The number of aliphatic hydroxyl groups excluding tert-OH is 1. The molecule has 1 atom stereocenters. The van der Waals surface area contributed by atoms with Crippen LogP contribution in [0.5, 0.6) is 0 Å². The lowest BCUT2D eigenvalue weighted by molar-refractivity contribution is -0.234. The lowest BCUT2D eigenvalue weighted by Crippen LogP contribution is -2.06. The van der Waals surface area contributed by atoms with Gasteiger partial charge >= 0.3 is 5.97 Å². The van der Waals surface area contributed by atoms with Gasteiger partial charge in [0.05, 0.1) is 0 Å². The van der Waals surface area contributed by atoms with Gasteiger partial charge in [0.25, 0.3) is 0 Å². The summed E-state index contributed by atoms with van der Waals surface area (Å²) in [7, 11) is 0. The highest BCUT2D eigenvalue weighted by molar-refractivity contribution is 5.68. The van der Waals surface area contributed by atoms with Gasteiger partial charge in [-0.15, -0.1) is 0 Å². The van der Waals surface area contributed by atoms with Crippen molar-refractivity contribution >= 4 is 5.97 Å². The minimum Gasteiger partial charge on any atom is -0.396 e. The topological polar surface area (TPSA) is 66.8 Å². The quantitative estimate of drug-likeness (QED) is 0.0448. The van der Waals surface area contributed by atoms with Gasteiger partial charge in [0.2, 0.25) is 0 Å². The van der Waals surface area contributed by atoms with Crippen molar-refractivity contribution in [3.63, 3.8) is 0 Å². The minimum atomic E-state index is -0.510. The molecule has 0 aliphatic carbocycles. The molecule has 4 heteroatoms. The Morgan fingerprint density at radius 3 is 0.976 bits per heavy atom. The second-order valence-corrected chi connectivity index (χ2v) is 13.0. The summed E-state index contributed by atoms with van der Waals surface area (Å²) in [6.07, 6.45) is 41.8. The molecule has 0 fully saturated rings. The van der Waals surface area contributed by atoms with Crippen molar-refractivity contribution in [2.75, 3.05) is 6.61 Å². The molecule has 0 saturated heterocycles. The van der Waals surface area contributed by atoms with Crippen LogP contribution >= 0.6 is 0 Å². The van der Waals surface area contributed by atoms with Crippen molar-refractivity contribution < 1.29 is 20.0 Å². The van der Waals surface area contributed by atoms with E-state index in [0.717, 1.165) is 12.8 Å². The van der Waals surface area contributed by atoms with Gasteiger partial charge in [-0.2, -0.15) is 5.26 Å². The predicted octanol–water partition coefficient (Wildman–Crippen LogP) is 13.1. The second-order valence-electron chi connectivity index (χ2n) is 13.0. The van der Waals surface area contributed by atoms with Crippen LogP contribution in [-0.4, -0.2) is 22.9 Å². The average Bonchev–Trinajstić information content (AvgIpc) is 3.01. The SMILES string of the molecule is CCCCCCCCCCC(CO)CCCCCCCC.CCCCCCCCCCCCCCCCCC(=O)OO. The third-order valence-electron chi connectivity index (χ3n) is 8.78. The monoisotopic (exact) mass is 599 g/mol. The molecule has 0 aliphatic rings. The lowest BCUT2D eigenvalue weighted by Gasteiger charge is -2.13. The van der Waals surface area contributed by atoms with E-state index in [1.165, 1.54) is 186 Å². The number of carbonyl (C=O) groups excluding carboxylic acids is 1. The van der Waals surface area contributed by atoms with Crippen LogP contribution in [0.1, 0.15) is 226 Å². The Labute approximate surface area is 264 Å². The Bertz CT molecular complexity index is 482. The van der Waals surface area contributed by atoms with E-state index in [1.807, 2.05) is 0 Å². The van der Waals surface area contributed by atoms with Crippen molar-refractivity contribution in [2.24, 2.45) is 5.92 Å². The fraction of sp³-hybridized carbons (Fsp3) is 0.974. The Hall–Kier alpha value is -0.610. The smallest absolute Gasteiger partial charge is 0.342 e. The van der Waals surface area contributed by atoms with Crippen molar-refractivity contribution in [3.8, 4) is 0 Å². The molecule has 0 saturated carbocycles. The maximum atomic E-state index is 10.7. The van der Waals surface area contributed by atoms with Gasteiger partial charge in [-0.25, -0.2) is 4.79 Å². The van der Waals surface area contributed by atoms with Crippen molar-refractivity contribution in [2.45, 2.75) is 226 Å². The summed E-state index contributed by atoms with van der Waals surface area (Å²) in [6.45, 7) is 7.22. The largest absolute Gasteiger partial charge is 0.396 e. The third kappa shape index (κ3) is 39.4. The van der Waals surface area contributed by atoms with Crippen LogP contribution in [0.3, 0.4) is 0 Å². The molecule has 0 aromatic carbocycles. The normalized spacial score (nSPS) is 11.7. The zero-order valence-corrected chi connectivity index (χ0v) is 29.1.